The molecule has 5 heteroatoms. The number of nitriles is 1. The van der Waals surface area contributed by atoms with Crippen molar-refractivity contribution in [2.24, 2.45) is 0 Å². The van der Waals surface area contributed by atoms with Crippen molar-refractivity contribution in [3.8, 4) is 11.8 Å². The van der Waals surface area contributed by atoms with Gasteiger partial charge in [-0.2, -0.15) is 5.26 Å². The van der Waals surface area contributed by atoms with Crippen LogP contribution in [-0.4, -0.2) is 16.5 Å². The summed E-state index contributed by atoms with van der Waals surface area (Å²) in [4.78, 5) is 12.2. The summed E-state index contributed by atoms with van der Waals surface area (Å²) in [6.07, 6.45) is 3.65. The number of hydrogen-bond acceptors (Lipinski definition) is 2. The molecule has 1 aliphatic carbocycles. The number of aryl methyl sites for hydroxylation is 1. The molecule has 4 nitrogen and oxygen atoms in total. The molecule has 1 saturated carbocycles. The van der Waals surface area contributed by atoms with E-state index in [4.69, 9.17) is 11.6 Å². The van der Waals surface area contributed by atoms with Gasteiger partial charge in [0.15, 0.2) is 0 Å². The van der Waals surface area contributed by atoms with Gasteiger partial charge in [0.2, 0.25) is 0 Å². The van der Waals surface area contributed by atoms with Crippen LogP contribution in [0, 0.1) is 32.1 Å². The number of halogens is 1. The molecule has 0 saturated heterocycles. The molecule has 0 radical (unpaired) electrons. The van der Waals surface area contributed by atoms with E-state index >= 15 is 0 Å². The molecule has 1 amide bonds. The summed E-state index contributed by atoms with van der Waals surface area (Å²) in [6.45, 7) is 5.96. The van der Waals surface area contributed by atoms with Crippen molar-refractivity contribution in [3.63, 3.8) is 0 Å². The SMILES string of the molecule is Cc1c(Cl)cccc1-n1c(C)cc(/C=C(\C#N)C(=O)NC2CC2)c1C. The lowest BCUT2D eigenvalue weighted by Gasteiger charge is -2.13. The molecule has 1 aliphatic rings. The third-order valence-corrected chi connectivity index (χ3v) is 4.94. The minimum Gasteiger partial charge on any atom is -0.349 e. The van der Waals surface area contributed by atoms with E-state index in [-0.39, 0.29) is 17.5 Å². The number of nitrogens with one attached hydrogen (secondary N) is 1. The maximum Gasteiger partial charge on any atom is 0.262 e. The summed E-state index contributed by atoms with van der Waals surface area (Å²) >= 11 is 6.26. The predicted molar refractivity (Wildman–Crippen MR) is 99.7 cm³/mol. The molecule has 1 aromatic heterocycles. The first-order valence-corrected chi connectivity index (χ1v) is 8.67. The molecule has 3 rings (SSSR count). The molecule has 1 fully saturated rings. The van der Waals surface area contributed by atoms with Crippen LogP contribution in [0.25, 0.3) is 11.8 Å². The van der Waals surface area contributed by atoms with Crippen LogP contribution in [-0.2, 0) is 4.79 Å². The zero-order valence-corrected chi connectivity index (χ0v) is 15.3. The van der Waals surface area contributed by atoms with Crippen molar-refractivity contribution < 1.29 is 4.79 Å². The fourth-order valence-corrected chi connectivity index (χ4v) is 3.11. The first kappa shape index (κ1) is 17.3. The van der Waals surface area contributed by atoms with Crippen LogP contribution in [0.2, 0.25) is 5.02 Å². The molecule has 0 unspecified atom stereocenters. The van der Waals surface area contributed by atoms with E-state index in [1.165, 1.54) is 0 Å². The van der Waals surface area contributed by atoms with Crippen molar-refractivity contribution in [1.82, 2.24) is 9.88 Å². The second-order valence-electron chi connectivity index (χ2n) is 6.46. The fraction of sp³-hybridized carbons (Fsp3) is 0.300. The van der Waals surface area contributed by atoms with Gasteiger partial charge in [0.25, 0.3) is 5.91 Å². The summed E-state index contributed by atoms with van der Waals surface area (Å²) in [5, 5.41) is 12.9. The van der Waals surface area contributed by atoms with E-state index in [2.05, 4.69) is 9.88 Å². The van der Waals surface area contributed by atoms with Crippen LogP contribution in [0.1, 0.15) is 35.4 Å². The quantitative estimate of drug-likeness (QED) is 0.660. The molecule has 1 aromatic carbocycles. The number of amides is 1. The minimum absolute atomic E-state index is 0.134. The van der Waals surface area contributed by atoms with Crippen molar-refractivity contribution in [1.29, 1.82) is 5.26 Å². The standard InChI is InChI=1S/C20H20ClN3O/c1-12-9-15(10-16(11-22)20(25)23-17-7-8-17)14(3)24(12)19-6-4-5-18(21)13(19)2/h4-6,9-10,17H,7-8H2,1-3H3,(H,23,25)/b16-10+. The van der Waals surface area contributed by atoms with Gasteiger partial charge in [-0.05, 0) is 69.0 Å². The van der Waals surface area contributed by atoms with Gasteiger partial charge in [-0.15, -0.1) is 0 Å². The Hall–Kier alpha value is -2.51. The van der Waals surface area contributed by atoms with Gasteiger partial charge in [-0.25, -0.2) is 0 Å². The molecule has 0 atom stereocenters. The van der Waals surface area contributed by atoms with E-state index < -0.39 is 0 Å². The molecule has 0 aliphatic heterocycles. The van der Waals surface area contributed by atoms with Crippen LogP contribution < -0.4 is 5.32 Å². The van der Waals surface area contributed by atoms with Gasteiger partial charge < -0.3 is 9.88 Å². The number of hydrogen-bond donors (Lipinski definition) is 1. The van der Waals surface area contributed by atoms with E-state index in [0.717, 1.165) is 41.0 Å². The predicted octanol–water partition coefficient (Wildman–Crippen LogP) is 4.24. The molecule has 128 valence electrons. The molecule has 1 heterocycles. The van der Waals surface area contributed by atoms with Gasteiger partial charge in [0.05, 0.1) is 0 Å². The summed E-state index contributed by atoms with van der Waals surface area (Å²) in [6, 6.07) is 10.0. The van der Waals surface area contributed by atoms with E-state index in [1.807, 2.05) is 51.1 Å². The first-order chi connectivity index (χ1) is 11.9. The summed E-state index contributed by atoms with van der Waals surface area (Å²) in [5.41, 5.74) is 4.98. The highest BCUT2D eigenvalue weighted by Crippen LogP contribution is 2.28. The van der Waals surface area contributed by atoms with Gasteiger partial charge in [0, 0.05) is 28.1 Å². The highest BCUT2D eigenvalue weighted by Gasteiger charge is 2.25. The lowest BCUT2D eigenvalue weighted by molar-refractivity contribution is -0.117. The maximum atomic E-state index is 12.2. The average Bonchev–Trinajstić information content (AvgIpc) is 3.34. The van der Waals surface area contributed by atoms with Gasteiger partial charge >= 0.3 is 0 Å². The Kier molecular flexibility index (Phi) is 4.69. The Morgan fingerprint density at radius 1 is 1.36 bits per heavy atom. The van der Waals surface area contributed by atoms with Crippen molar-refractivity contribution in [2.75, 3.05) is 0 Å². The lowest BCUT2D eigenvalue weighted by atomic mass is 10.1. The van der Waals surface area contributed by atoms with Crippen LogP contribution in [0.4, 0.5) is 0 Å². The molecular weight excluding hydrogens is 334 g/mol. The second kappa shape index (κ2) is 6.78. The lowest BCUT2D eigenvalue weighted by Crippen LogP contribution is -2.26. The van der Waals surface area contributed by atoms with Crippen LogP contribution in [0.5, 0.6) is 0 Å². The number of benzene rings is 1. The van der Waals surface area contributed by atoms with Crippen LogP contribution >= 0.6 is 11.6 Å². The monoisotopic (exact) mass is 353 g/mol. The number of nitrogens with zero attached hydrogens (tertiary/aromatic N) is 2. The Bertz CT molecular complexity index is 914. The highest BCUT2D eigenvalue weighted by atomic mass is 35.5. The average molecular weight is 354 g/mol. The van der Waals surface area contributed by atoms with Crippen molar-refractivity contribution in [2.45, 2.75) is 39.7 Å². The largest absolute Gasteiger partial charge is 0.349 e. The molecule has 0 bridgehead atoms. The van der Waals surface area contributed by atoms with Crippen LogP contribution in [0.3, 0.4) is 0 Å². The molecular formula is C20H20ClN3O. The third-order valence-electron chi connectivity index (χ3n) is 4.53. The normalized spacial score (nSPS) is 14.3. The highest BCUT2D eigenvalue weighted by molar-refractivity contribution is 6.31. The zero-order chi connectivity index (χ0) is 18.1. The van der Waals surface area contributed by atoms with Gasteiger partial charge in [-0.1, -0.05) is 17.7 Å². The zero-order valence-electron chi connectivity index (χ0n) is 14.6. The summed E-state index contributed by atoms with van der Waals surface area (Å²) in [5.74, 6) is -0.297. The Morgan fingerprint density at radius 2 is 2.08 bits per heavy atom. The Morgan fingerprint density at radius 3 is 2.72 bits per heavy atom. The Balaban J connectivity index is 2.02. The fourth-order valence-electron chi connectivity index (χ4n) is 2.94. The smallest absolute Gasteiger partial charge is 0.262 e. The first-order valence-electron chi connectivity index (χ1n) is 8.29. The third kappa shape index (κ3) is 3.47. The van der Waals surface area contributed by atoms with E-state index in [1.54, 1.807) is 6.08 Å². The van der Waals surface area contributed by atoms with E-state index in [0.29, 0.717) is 5.02 Å². The topological polar surface area (TPSA) is 57.8 Å². The molecule has 0 spiro atoms. The summed E-state index contributed by atoms with van der Waals surface area (Å²) in [7, 11) is 0. The Labute approximate surface area is 152 Å². The van der Waals surface area contributed by atoms with Crippen molar-refractivity contribution >= 4 is 23.6 Å². The second-order valence-corrected chi connectivity index (χ2v) is 6.87. The minimum atomic E-state index is -0.297. The molecule has 1 N–H and O–H groups in total. The number of carbonyl (C=O) groups is 1. The summed E-state index contributed by atoms with van der Waals surface area (Å²) < 4.78 is 2.10. The molecule has 2 aromatic rings. The number of aromatic nitrogens is 1. The number of carbonyl (C=O) groups excluding carboxylic acids is 1. The molecule has 25 heavy (non-hydrogen) atoms. The van der Waals surface area contributed by atoms with Gasteiger partial charge in [0.1, 0.15) is 11.6 Å². The maximum absolute atomic E-state index is 12.2. The van der Waals surface area contributed by atoms with Crippen LogP contribution in [0.15, 0.2) is 29.8 Å². The van der Waals surface area contributed by atoms with E-state index in [9.17, 15) is 10.1 Å². The van der Waals surface area contributed by atoms with Gasteiger partial charge in [-0.3, -0.25) is 4.79 Å². The number of rotatable bonds is 4. The van der Waals surface area contributed by atoms with Crippen molar-refractivity contribution in [3.05, 3.63) is 57.4 Å².